The zero-order valence-corrected chi connectivity index (χ0v) is 23.4. The number of sulfonamides is 1. The second-order valence-corrected chi connectivity index (χ2v) is 12.3. The Hall–Kier alpha value is -3.14. The predicted molar refractivity (Wildman–Crippen MR) is 155 cm³/mol. The Bertz CT molecular complexity index is 1760. The van der Waals surface area contributed by atoms with E-state index in [1.807, 2.05) is 48.7 Å². The van der Waals surface area contributed by atoms with Crippen molar-refractivity contribution in [3.8, 4) is 0 Å². The molecule has 0 radical (unpaired) electrons. The highest BCUT2D eigenvalue weighted by molar-refractivity contribution is 7.89. The number of benzene rings is 3. The third-order valence-electron chi connectivity index (χ3n) is 7.22. The van der Waals surface area contributed by atoms with Gasteiger partial charge in [-0.05, 0) is 48.0 Å². The molecular formula is C29H25Cl2N3O4S. The number of ether oxygens (including phenoxy) is 1. The number of halogens is 2. The van der Waals surface area contributed by atoms with Crippen LogP contribution in [-0.4, -0.2) is 56.5 Å². The molecule has 0 bridgehead atoms. The van der Waals surface area contributed by atoms with Crippen molar-refractivity contribution in [3.05, 3.63) is 93.6 Å². The Morgan fingerprint density at radius 1 is 0.974 bits per heavy atom. The van der Waals surface area contributed by atoms with Crippen LogP contribution in [0, 0.1) is 0 Å². The maximum absolute atomic E-state index is 13.4. The number of nitrogens with zero attached hydrogens (tertiary/aromatic N) is 3. The number of hydrogen-bond donors (Lipinski definition) is 0. The van der Waals surface area contributed by atoms with Crippen LogP contribution in [0.2, 0.25) is 10.0 Å². The molecule has 0 saturated carbocycles. The van der Waals surface area contributed by atoms with Gasteiger partial charge in [-0.2, -0.15) is 4.31 Å². The lowest BCUT2D eigenvalue weighted by atomic mass is 10.0. The van der Waals surface area contributed by atoms with Crippen molar-refractivity contribution in [1.82, 2.24) is 8.87 Å². The number of likely N-dealkylation sites (N-methyl/N-ethyl adjacent to an activating group) is 1. The van der Waals surface area contributed by atoms with E-state index in [0.29, 0.717) is 59.7 Å². The Morgan fingerprint density at radius 2 is 1.74 bits per heavy atom. The number of fused-ring (bicyclic) bond motifs is 2. The first kappa shape index (κ1) is 26.1. The highest BCUT2D eigenvalue weighted by Crippen LogP contribution is 2.40. The molecule has 1 aromatic heterocycles. The van der Waals surface area contributed by atoms with Crippen molar-refractivity contribution in [2.75, 3.05) is 38.3 Å². The summed E-state index contributed by atoms with van der Waals surface area (Å²) in [6, 6.07) is 18.4. The van der Waals surface area contributed by atoms with E-state index >= 15 is 0 Å². The first-order valence-corrected chi connectivity index (χ1v) is 14.7. The second kappa shape index (κ2) is 10.1. The minimum absolute atomic E-state index is 0.166. The van der Waals surface area contributed by atoms with Crippen LogP contribution in [0.1, 0.15) is 16.7 Å². The summed E-state index contributed by atoms with van der Waals surface area (Å²) in [5.74, 6) is -0.188. The quantitative estimate of drug-likeness (QED) is 0.290. The Kier molecular flexibility index (Phi) is 6.77. The number of rotatable bonds is 5. The number of hydrogen-bond acceptors (Lipinski definition) is 4. The summed E-state index contributed by atoms with van der Waals surface area (Å²) in [7, 11) is -2.01. The van der Waals surface area contributed by atoms with Gasteiger partial charge >= 0.3 is 0 Å². The minimum atomic E-state index is -3.71. The van der Waals surface area contributed by atoms with Crippen molar-refractivity contribution in [2.45, 2.75) is 11.4 Å². The number of para-hydroxylation sites is 1. The van der Waals surface area contributed by atoms with E-state index in [4.69, 9.17) is 27.9 Å². The molecule has 7 nitrogen and oxygen atoms in total. The summed E-state index contributed by atoms with van der Waals surface area (Å²) in [5.41, 5.74) is 4.56. The molecule has 1 fully saturated rings. The molecule has 0 N–H and O–H groups in total. The van der Waals surface area contributed by atoms with Crippen LogP contribution in [0.3, 0.4) is 0 Å². The summed E-state index contributed by atoms with van der Waals surface area (Å²) < 4.78 is 35.5. The van der Waals surface area contributed by atoms with E-state index in [-0.39, 0.29) is 10.8 Å². The standard InChI is InChI=1S/C29H25Cl2N3O4S/c1-32-27-9-7-21(39(36,37)34-10-12-38-13-11-34)16-23(27)24(29(32)35)15-20-18-33(28-5-3-2-4-22(20)28)17-19-6-8-25(30)26(31)14-19/h2-9,14-16,18H,10-13,17H2,1H3/b24-15-. The fourth-order valence-electron chi connectivity index (χ4n) is 5.18. The van der Waals surface area contributed by atoms with Gasteiger partial charge in [0, 0.05) is 60.5 Å². The summed E-state index contributed by atoms with van der Waals surface area (Å²) in [5, 5.41) is 1.97. The van der Waals surface area contributed by atoms with Crippen molar-refractivity contribution >= 4 is 67.4 Å². The van der Waals surface area contributed by atoms with Gasteiger partial charge < -0.3 is 14.2 Å². The van der Waals surface area contributed by atoms with Crippen molar-refractivity contribution in [1.29, 1.82) is 0 Å². The molecule has 0 spiro atoms. The van der Waals surface area contributed by atoms with Crippen molar-refractivity contribution in [2.24, 2.45) is 0 Å². The van der Waals surface area contributed by atoms with E-state index in [1.165, 1.54) is 4.31 Å². The monoisotopic (exact) mass is 581 g/mol. The summed E-state index contributed by atoms with van der Waals surface area (Å²) in [6.07, 6.45) is 3.85. The molecular weight excluding hydrogens is 557 g/mol. The minimum Gasteiger partial charge on any atom is -0.379 e. The number of amides is 1. The Morgan fingerprint density at radius 3 is 2.51 bits per heavy atom. The maximum Gasteiger partial charge on any atom is 0.258 e. The average Bonchev–Trinajstić information content (AvgIpc) is 3.41. The number of aromatic nitrogens is 1. The zero-order chi connectivity index (χ0) is 27.3. The molecule has 3 heterocycles. The van der Waals surface area contributed by atoms with Crippen molar-refractivity contribution in [3.63, 3.8) is 0 Å². The zero-order valence-electron chi connectivity index (χ0n) is 21.1. The lowest BCUT2D eigenvalue weighted by Crippen LogP contribution is -2.40. The highest BCUT2D eigenvalue weighted by Gasteiger charge is 2.33. The van der Waals surface area contributed by atoms with Crippen LogP contribution in [0.25, 0.3) is 22.6 Å². The van der Waals surface area contributed by atoms with Crippen LogP contribution in [0.15, 0.2) is 71.8 Å². The Labute approximate surface area is 236 Å². The molecule has 10 heteroatoms. The van der Waals surface area contributed by atoms with E-state index in [2.05, 4.69) is 4.57 Å². The Balaban J connectivity index is 1.43. The molecule has 1 saturated heterocycles. The van der Waals surface area contributed by atoms with Gasteiger partial charge in [-0.15, -0.1) is 0 Å². The molecule has 2 aliphatic rings. The third-order valence-corrected chi connectivity index (χ3v) is 9.85. The van der Waals surface area contributed by atoms with Crippen LogP contribution in [-0.2, 0) is 26.1 Å². The number of carbonyl (C=O) groups is 1. The van der Waals surface area contributed by atoms with Gasteiger partial charge in [0.2, 0.25) is 10.0 Å². The molecule has 6 rings (SSSR count). The SMILES string of the molecule is CN1C(=O)/C(=C\c2cn(Cc3ccc(Cl)c(Cl)c3)c3ccccc23)c2cc(S(=O)(=O)N3CCOCC3)ccc21. The fourth-order valence-corrected chi connectivity index (χ4v) is 6.93. The first-order chi connectivity index (χ1) is 18.7. The molecule has 2 aliphatic heterocycles. The van der Waals surface area contributed by atoms with Gasteiger partial charge in [0.05, 0.1) is 33.8 Å². The van der Waals surface area contributed by atoms with Crippen molar-refractivity contribution < 1.29 is 17.9 Å². The summed E-state index contributed by atoms with van der Waals surface area (Å²) in [6.45, 7) is 1.90. The predicted octanol–water partition coefficient (Wildman–Crippen LogP) is 5.53. The van der Waals surface area contributed by atoms with Crippen LogP contribution in [0.5, 0.6) is 0 Å². The molecule has 0 aliphatic carbocycles. The third kappa shape index (κ3) is 4.66. The fraction of sp³-hybridized carbons (Fsp3) is 0.207. The molecule has 3 aromatic carbocycles. The molecule has 4 aromatic rings. The van der Waals surface area contributed by atoms with E-state index < -0.39 is 10.0 Å². The van der Waals surface area contributed by atoms with Crippen LogP contribution >= 0.6 is 23.2 Å². The second-order valence-electron chi connectivity index (χ2n) is 9.60. The van der Waals surface area contributed by atoms with Gasteiger partial charge in [0.1, 0.15) is 0 Å². The number of carbonyl (C=O) groups excluding carboxylic acids is 1. The van der Waals surface area contributed by atoms with Gasteiger partial charge in [-0.25, -0.2) is 8.42 Å². The lowest BCUT2D eigenvalue weighted by Gasteiger charge is -2.26. The summed E-state index contributed by atoms with van der Waals surface area (Å²) >= 11 is 12.3. The first-order valence-electron chi connectivity index (χ1n) is 12.5. The number of anilines is 1. The highest BCUT2D eigenvalue weighted by atomic mass is 35.5. The van der Waals surface area contributed by atoms with Crippen LogP contribution < -0.4 is 4.90 Å². The molecule has 1 amide bonds. The van der Waals surface area contributed by atoms with Gasteiger partial charge in [-0.1, -0.05) is 47.5 Å². The van der Waals surface area contributed by atoms with Crippen LogP contribution in [0.4, 0.5) is 5.69 Å². The topological polar surface area (TPSA) is 71.9 Å². The lowest BCUT2D eigenvalue weighted by molar-refractivity contribution is -0.112. The van der Waals surface area contributed by atoms with E-state index in [0.717, 1.165) is 22.0 Å². The smallest absolute Gasteiger partial charge is 0.258 e. The molecule has 0 atom stereocenters. The molecule has 200 valence electrons. The maximum atomic E-state index is 13.4. The average molecular weight is 583 g/mol. The molecule has 39 heavy (non-hydrogen) atoms. The van der Waals surface area contributed by atoms with E-state index in [1.54, 1.807) is 36.2 Å². The normalized spacial score (nSPS) is 17.4. The van der Waals surface area contributed by atoms with Gasteiger partial charge in [0.15, 0.2) is 0 Å². The number of morpholine rings is 1. The summed E-state index contributed by atoms with van der Waals surface area (Å²) in [4.78, 5) is 15.1. The van der Waals surface area contributed by atoms with E-state index in [9.17, 15) is 13.2 Å². The van der Waals surface area contributed by atoms with Gasteiger partial charge in [-0.3, -0.25) is 4.79 Å². The largest absolute Gasteiger partial charge is 0.379 e. The van der Waals surface area contributed by atoms with Gasteiger partial charge in [0.25, 0.3) is 5.91 Å². The molecule has 0 unspecified atom stereocenters.